The van der Waals surface area contributed by atoms with Crippen molar-refractivity contribution in [3.63, 3.8) is 0 Å². The Morgan fingerprint density at radius 1 is 1.26 bits per heavy atom. The lowest BCUT2D eigenvalue weighted by Crippen LogP contribution is -2.44. The zero-order valence-electron chi connectivity index (χ0n) is 14.0. The second kappa shape index (κ2) is 8.33. The SMILES string of the molecule is COc1cc(C)c(S(=O)(=O)NC(CN)C2CCCC2)cc1C.Cl. The molecule has 1 unspecified atom stereocenters. The number of rotatable bonds is 6. The van der Waals surface area contributed by atoms with Crippen LogP contribution in [-0.2, 0) is 10.0 Å². The lowest BCUT2D eigenvalue weighted by Gasteiger charge is -2.23. The third kappa shape index (κ3) is 4.59. The van der Waals surface area contributed by atoms with Gasteiger partial charge in [-0.3, -0.25) is 0 Å². The zero-order valence-corrected chi connectivity index (χ0v) is 15.6. The van der Waals surface area contributed by atoms with Crippen LogP contribution in [0.5, 0.6) is 5.75 Å². The number of benzene rings is 1. The highest BCUT2D eigenvalue weighted by Gasteiger charge is 2.29. The third-order valence-corrected chi connectivity index (χ3v) is 6.14. The Balaban J connectivity index is 0.00000264. The highest BCUT2D eigenvalue weighted by atomic mass is 35.5. The number of sulfonamides is 1. The van der Waals surface area contributed by atoms with Crippen LogP contribution in [0.15, 0.2) is 17.0 Å². The number of halogens is 1. The van der Waals surface area contributed by atoms with Gasteiger partial charge in [0.05, 0.1) is 12.0 Å². The lowest BCUT2D eigenvalue weighted by molar-refractivity contribution is 0.405. The predicted octanol–water partition coefficient (Wildman–Crippen LogP) is 2.53. The highest BCUT2D eigenvalue weighted by molar-refractivity contribution is 7.89. The number of ether oxygens (including phenoxy) is 1. The molecule has 0 bridgehead atoms. The fraction of sp³-hybridized carbons (Fsp3) is 0.625. The van der Waals surface area contributed by atoms with Crippen LogP contribution < -0.4 is 15.2 Å². The van der Waals surface area contributed by atoms with Crippen molar-refractivity contribution in [1.29, 1.82) is 0 Å². The maximum Gasteiger partial charge on any atom is 0.241 e. The molecule has 0 radical (unpaired) electrons. The number of aryl methyl sites for hydroxylation is 2. The van der Waals surface area contributed by atoms with Gasteiger partial charge < -0.3 is 10.5 Å². The van der Waals surface area contributed by atoms with Gasteiger partial charge in [-0.2, -0.15) is 0 Å². The molecule has 1 saturated carbocycles. The molecule has 1 aromatic rings. The molecule has 0 aromatic heterocycles. The van der Waals surface area contributed by atoms with Crippen LogP contribution in [0.1, 0.15) is 36.8 Å². The topological polar surface area (TPSA) is 81.4 Å². The average Bonchev–Trinajstić information content (AvgIpc) is 3.00. The van der Waals surface area contributed by atoms with Gasteiger partial charge in [0, 0.05) is 12.6 Å². The minimum atomic E-state index is -3.57. The van der Waals surface area contributed by atoms with Gasteiger partial charge >= 0.3 is 0 Å². The zero-order chi connectivity index (χ0) is 16.3. The van der Waals surface area contributed by atoms with Crippen LogP contribution in [0.4, 0.5) is 0 Å². The fourth-order valence-corrected chi connectivity index (χ4v) is 4.86. The minimum Gasteiger partial charge on any atom is -0.496 e. The van der Waals surface area contributed by atoms with E-state index in [4.69, 9.17) is 10.5 Å². The summed E-state index contributed by atoms with van der Waals surface area (Å²) in [6.07, 6.45) is 4.41. The van der Waals surface area contributed by atoms with Crippen LogP contribution in [-0.4, -0.2) is 28.1 Å². The lowest BCUT2D eigenvalue weighted by atomic mass is 9.99. The quantitative estimate of drug-likeness (QED) is 0.814. The van der Waals surface area contributed by atoms with Crippen LogP contribution in [0.25, 0.3) is 0 Å². The molecule has 2 rings (SSSR count). The van der Waals surface area contributed by atoms with E-state index in [9.17, 15) is 8.42 Å². The Labute approximate surface area is 145 Å². The van der Waals surface area contributed by atoms with E-state index >= 15 is 0 Å². The van der Waals surface area contributed by atoms with E-state index in [0.717, 1.165) is 31.2 Å². The van der Waals surface area contributed by atoms with E-state index < -0.39 is 10.0 Å². The van der Waals surface area contributed by atoms with Gasteiger partial charge in [-0.25, -0.2) is 13.1 Å². The van der Waals surface area contributed by atoms with E-state index in [2.05, 4.69) is 4.72 Å². The molecule has 1 atom stereocenters. The summed E-state index contributed by atoms with van der Waals surface area (Å²) < 4.78 is 33.5. The Morgan fingerprint density at radius 2 is 1.87 bits per heavy atom. The van der Waals surface area contributed by atoms with Crippen molar-refractivity contribution in [2.24, 2.45) is 11.7 Å². The summed E-state index contributed by atoms with van der Waals surface area (Å²) in [6, 6.07) is 3.24. The van der Waals surface area contributed by atoms with E-state index in [1.54, 1.807) is 26.2 Å². The molecule has 0 aliphatic heterocycles. The van der Waals surface area contributed by atoms with Crippen molar-refractivity contribution < 1.29 is 13.2 Å². The first-order chi connectivity index (χ1) is 10.4. The Kier molecular flexibility index (Phi) is 7.32. The van der Waals surface area contributed by atoms with Gasteiger partial charge in [0.2, 0.25) is 10.0 Å². The molecule has 132 valence electrons. The van der Waals surface area contributed by atoms with Crippen molar-refractivity contribution >= 4 is 22.4 Å². The summed E-state index contributed by atoms with van der Waals surface area (Å²) in [5.74, 6) is 1.04. The van der Waals surface area contributed by atoms with Gasteiger partial charge in [-0.1, -0.05) is 12.8 Å². The second-order valence-electron chi connectivity index (χ2n) is 6.10. The first kappa shape index (κ1) is 20.2. The Hall–Kier alpha value is -0.820. The first-order valence-electron chi connectivity index (χ1n) is 7.76. The minimum absolute atomic E-state index is 0. The maximum atomic E-state index is 12.7. The molecule has 7 heteroatoms. The fourth-order valence-electron chi connectivity index (χ4n) is 3.23. The molecular weight excluding hydrogens is 336 g/mol. The van der Waals surface area contributed by atoms with Crippen molar-refractivity contribution in [2.45, 2.75) is 50.5 Å². The molecule has 0 spiro atoms. The molecule has 5 nitrogen and oxygen atoms in total. The number of nitrogens with two attached hydrogens (primary N) is 1. The smallest absolute Gasteiger partial charge is 0.241 e. The van der Waals surface area contributed by atoms with Crippen molar-refractivity contribution in [3.8, 4) is 5.75 Å². The standard InChI is InChI=1S/C16H26N2O3S.ClH/c1-11-9-16(12(2)8-15(11)21-3)22(19,20)18-14(10-17)13-6-4-5-7-13;/h8-9,13-14,18H,4-7,10,17H2,1-3H3;1H. The van der Waals surface area contributed by atoms with E-state index in [-0.39, 0.29) is 18.4 Å². The van der Waals surface area contributed by atoms with Crippen LogP contribution >= 0.6 is 12.4 Å². The summed E-state index contributed by atoms with van der Waals surface area (Å²) >= 11 is 0. The highest BCUT2D eigenvalue weighted by Crippen LogP contribution is 2.29. The van der Waals surface area contributed by atoms with E-state index in [1.807, 2.05) is 6.92 Å². The Bertz CT molecular complexity index is 628. The first-order valence-corrected chi connectivity index (χ1v) is 9.25. The number of methoxy groups -OCH3 is 1. The van der Waals surface area contributed by atoms with Gasteiger partial charge in [-0.05, 0) is 55.9 Å². The van der Waals surface area contributed by atoms with Crippen molar-refractivity contribution in [2.75, 3.05) is 13.7 Å². The summed E-state index contributed by atoms with van der Waals surface area (Å²) in [5.41, 5.74) is 7.29. The number of hydrogen-bond donors (Lipinski definition) is 2. The summed E-state index contributed by atoms with van der Waals surface area (Å²) in [7, 11) is -1.99. The molecule has 0 amide bonds. The van der Waals surface area contributed by atoms with Gasteiger partial charge in [-0.15, -0.1) is 12.4 Å². The normalized spacial score (nSPS) is 16.9. The molecule has 1 fully saturated rings. The summed E-state index contributed by atoms with van der Waals surface area (Å²) in [5, 5.41) is 0. The van der Waals surface area contributed by atoms with Gasteiger partial charge in [0.15, 0.2) is 0 Å². The summed E-state index contributed by atoms with van der Waals surface area (Å²) in [6.45, 7) is 3.95. The van der Waals surface area contributed by atoms with Crippen LogP contribution in [0, 0.1) is 19.8 Å². The average molecular weight is 363 g/mol. The van der Waals surface area contributed by atoms with Crippen LogP contribution in [0.2, 0.25) is 0 Å². The summed E-state index contributed by atoms with van der Waals surface area (Å²) in [4.78, 5) is 0.308. The van der Waals surface area contributed by atoms with Crippen molar-refractivity contribution in [1.82, 2.24) is 4.72 Å². The largest absolute Gasteiger partial charge is 0.496 e. The van der Waals surface area contributed by atoms with E-state index in [0.29, 0.717) is 28.7 Å². The van der Waals surface area contributed by atoms with Gasteiger partial charge in [0.1, 0.15) is 5.75 Å². The third-order valence-electron chi connectivity index (χ3n) is 4.51. The molecule has 1 aliphatic rings. The number of nitrogens with one attached hydrogen (secondary N) is 1. The van der Waals surface area contributed by atoms with E-state index in [1.165, 1.54) is 0 Å². The molecule has 23 heavy (non-hydrogen) atoms. The second-order valence-corrected chi connectivity index (χ2v) is 7.78. The van der Waals surface area contributed by atoms with Crippen LogP contribution in [0.3, 0.4) is 0 Å². The molecule has 0 heterocycles. The number of hydrogen-bond acceptors (Lipinski definition) is 4. The molecular formula is C16H27ClN2O3S. The maximum absolute atomic E-state index is 12.7. The molecule has 1 aliphatic carbocycles. The van der Waals surface area contributed by atoms with Crippen molar-refractivity contribution in [3.05, 3.63) is 23.3 Å². The molecule has 3 N–H and O–H groups in total. The predicted molar refractivity (Wildman–Crippen MR) is 94.8 cm³/mol. The molecule has 1 aromatic carbocycles. The van der Waals surface area contributed by atoms with Gasteiger partial charge in [0.25, 0.3) is 0 Å². The Morgan fingerprint density at radius 3 is 2.39 bits per heavy atom. The monoisotopic (exact) mass is 362 g/mol. The molecule has 0 saturated heterocycles.